The Morgan fingerprint density at radius 2 is 2.50 bits per heavy atom. The first-order valence-corrected chi connectivity index (χ1v) is 4.48. The van der Waals surface area contributed by atoms with Gasteiger partial charge in [-0.2, -0.15) is 0 Å². The number of rotatable bonds is 2. The molecule has 0 aliphatic carbocycles. The van der Waals surface area contributed by atoms with Crippen LogP contribution >= 0.6 is 15.9 Å². The molecule has 4 heteroatoms. The average molecular weight is 265 g/mol. The molecule has 76 valence electrons. The standard InChI is InChI=1S/C10H10BrFO2/c1-6(11)9-5-7(12)3-4-8(9)10(13)14-2/h3-6H,1-2H3/i1D3,6D. The molecule has 0 bridgehead atoms. The van der Waals surface area contributed by atoms with Gasteiger partial charge in [-0.05, 0) is 30.6 Å². The maximum absolute atomic E-state index is 13.2. The van der Waals surface area contributed by atoms with E-state index in [2.05, 4.69) is 20.7 Å². The lowest BCUT2D eigenvalue weighted by Crippen LogP contribution is -2.06. The van der Waals surface area contributed by atoms with Crippen LogP contribution in [0.2, 0.25) is 0 Å². The fourth-order valence-electron chi connectivity index (χ4n) is 0.986. The molecule has 1 rings (SSSR count). The van der Waals surface area contributed by atoms with Crippen molar-refractivity contribution in [2.45, 2.75) is 11.7 Å². The van der Waals surface area contributed by atoms with Gasteiger partial charge in [0.25, 0.3) is 0 Å². The minimum absolute atomic E-state index is 0.165. The maximum Gasteiger partial charge on any atom is 0.338 e. The zero-order valence-electron chi connectivity index (χ0n) is 11.3. The second-order valence-electron chi connectivity index (χ2n) is 2.50. The number of alkyl halides is 1. The van der Waals surface area contributed by atoms with Crippen LogP contribution in [0.1, 0.15) is 33.1 Å². The third-order valence-corrected chi connectivity index (χ3v) is 2.05. The maximum atomic E-state index is 13.2. The highest BCUT2D eigenvalue weighted by molar-refractivity contribution is 9.09. The second-order valence-corrected chi connectivity index (χ2v) is 3.29. The molecule has 0 saturated heterocycles. The molecule has 0 aromatic heterocycles. The van der Waals surface area contributed by atoms with E-state index in [-0.39, 0.29) is 11.1 Å². The first-order chi connectivity index (χ1) is 8.11. The Bertz CT molecular complexity index is 473. The van der Waals surface area contributed by atoms with Crippen molar-refractivity contribution in [3.05, 3.63) is 35.1 Å². The van der Waals surface area contributed by atoms with Crippen LogP contribution in [0.3, 0.4) is 0 Å². The van der Waals surface area contributed by atoms with Gasteiger partial charge in [-0.25, -0.2) is 9.18 Å². The van der Waals surface area contributed by atoms with E-state index in [1.807, 2.05) is 0 Å². The Hall–Kier alpha value is -0.900. The van der Waals surface area contributed by atoms with Crippen molar-refractivity contribution in [1.82, 2.24) is 0 Å². The van der Waals surface area contributed by atoms with E-state index in [1.54, 1.807) is 0 Å². The summed E-state index contributed by atoms with van der Waals surface area (Å²) < 4.78 is 47.3. The molecular weight excluding hydrogens is 251 g/mol. The summed E-state index contributed by atoms with van der Waals surface area (Å²) in [6, 6.07) is 2.92. The number of ether oxygens (including phenoxy) is 1. The minimum atomic E-state index is -2.77. The highest BCUT2D eigenvalue weighted by atomic mass is 79.9. The highest BCUT2D eigenvalue weighted by Crippen LogP contribution is 2.26. The van der Waals surface area contributed by atoms with Gasteiger partial charge in [0.05, 0.1) is 12.7 Å². The molecule has 0 N–H and O–H groups in total. The molecule has 0 saturated carbocycles. The van der Waals surface area contributed by atoms with Gasteiger partial charge in [-0.15, -0.1) is 0 Å². The zero-order valence-corrected chi connectivity index (χ0v) is 8.89. The molecule has 1 unspecified atom stereocenters. The quantitative estimate of drug-likeness (QED) is 0.606. The van der Waals surface area contributed by atoms with Crippen molar-refractivity contribution in [2.75, 3.05) is 7.11 Å². The summed E-state index contributed by atoms with van der Waals surface area (Å²) in [6.45, 7) is -2.77. The molecule has 0 aliphatic rings. The third kappa shape index (κ3) is 2.32. The lowest BCUT2D eigenvalue weighted by Gasteiger charge is -2.09. The molecule has 2 nitrogen and oxygen atoms in total. The van der Waals surface area contributed by atoms with Gasteiger partial charge in [-0.1, -0.05) is 15.9 Å². The number of hydrogen-bond donors (Lipinski definition) is 0. The number of carbonyl (C=O) groups is 1. The van der Waals surface area contributed by atoms with Crippen LogP contribution < -0.4 is 0 Å². The molecule has 1 aromatic carbocycles. The molecule has 0 aliphatic heterocycles. The molecule has 0 spiro atoms. The van der Waals surface area contributed by atoms with Crippen LogP contribution in [0.25, 0.3) is 0 Å². The topological polar surface area (TPSA) is 26.3 Å². The van der Waals surface area contributed by atoms with Crippen molar-refractivity contribution in [3.63, 3.8) is 0 Å². The van der Waals surface area contributed by atoms with E-state index in [4.69, 9.17) is 5.48 Å². The van der Waals surface area contributed by atoms with Gasteiger partial charge in [0.1, 0.15) is 5.82 Å². The first kappa shape index (κ1) is 6.56. The zero-order chi connectivity index (χ0) is 14.1. The molecule has 1 atom stereocenters. The normalized spacial score (nSPS) is 19.6. The van der Waals surface area contributed by atoms with E-state index < -0.39 is 23.4 Å². The summed E-state index contributed by atoms with van der Waals surface area (Å²) in [4.78, 5) is 9.20. The van der Waals surface area contributed by atoms with E-state index in [0.29, 0.717) is 0 Å². The lowest BCUT2D eigenvalue weighted by atomic mass is 10.1. The molecule has 0 amide bonds. The van der Waals surface area contributed by atoms with Crippen LogP contribution in [-0.4, -0.2) is 13.1 Å². The molecular formula is C10H10BrFO2. The summed E-state index contributed by atoms with van der Waals surface area (Å²) in [6.07, 6.45) is 0. The van der Waals surface area contributed by atoms with Gasteiger partial charge >= 0.3 is 5.97 Å². The van der Waals surface area contributed by atoms with Gasteiger partial charge in [-0.3, -0.25) is 0 Å². The molecule has 14 heavy (non-hydrogen) atoms. The third-order valence-electron chi connectivity index (χ3n) is 1.62. The van der Waals surface area contributed by atoms with Gasteiger partial charge in [0.2, 0.25) is 0 Å². The number of benzene rings is 1. The van der Waals surface area contributed by atoms with E-state index in [1.165, 1.54) is 0 Å². The summed E-state index contributed by atoms with van der Waals surface area (Å²) in [7, 11) is 1.12. The number of hydrogen-bond acceptors (Lipinski definition) is 2. The Morgan fingerprint density at radius 1 is 1.79 bits per heavy atom. The lowest BCUT2D eigenvalue weighted by molar-refractivity contribution is 0.0599. The molecule has 0 fully saturated rings. The van der Waals surface area contributed by atoms with E-state index in [0.717, 1.165) is 25.3 Å². The summed E-state index contributed by atoms with van der Waals surface area (Å²) in [5, 5.41) is 0. The van der Waals surface area contributed by atoms with Crippen LogP contribution in [0, 0.1) is 5.82 Å². The van der Waals surface area contributed by atoms with E-state index >= 15 is 0 Å². The largest absolute Gasteiger partial charge is 0.465 e. The smallest absolute Gasteiger partial charge is 0.338 e. The van der Waals surface area contributed by atoms with Crippen molar-refractivity contribution in [3.8, 4) is 0 Å². The van der Waals surface area contributed by atoms with Crippen molar-refractivity contribution in [1.29, 1.82) is 0 Å². The van der Waals surface area contributed by atoms with E-state index in [9.17, 15) is 9.18 Å². The van der Waals surface area contributed by atoms with Gasteiger partial charge in [0.15, 0.2) is 0 Å². The van der Waals surface area contributed by atoms with Crippen molar-refractivity contribution in [2.24, 2.45) is 0 Å². The Morgan fingerprint density at radius 3 is 3.07 bits per heavy atom. The van der Waals surface area contributed by atoms with Crippen LogP contribution in [0.5, 0.6) is 0 Å². The summed E-state index contributed by atoms with van der Waals surface area (Å²) in [5.74, 6) is -1.57. The fraction of sp³-hybridized carbons (Fsp3) is 0.300. The first-order valence-electron chi connectivity index (χ1n) is 5.68. The Labute approximate surface area is 95.8 Å². The predicted octanol–water partition coefficient (Wildman–Crippen LogP) is 3.07. The summed E-state index contributed by atoms with van der Waals surface area (Å²) in [5.41, 5.74) is -0.462. The van der Waals surface area contributed by atoms with Gasteiger partial charge in [0, 0.05) is 10.3 Å². The predicted molar refractivity (Wildman–Crippen MR) is 55.1 cm³/mol. The van der Waals surface area contributed by atoms with Crippen LogP contribution in [-0.2, 0) is 4.74 Å². The number of halogens is 2. The van der Waals surface area contributed by atoms with Crippen molar-refractivity contribution >= 4 is 21.9 Å². The number of carbonyl (C=O) groups excluding carboxylic acids is 1. The van der Waals surface area contributed by atoms with Crippen molar-refractivity contribution < 1.29 is 19.4 Å². The fourth-order valence-corrected chi connectivity index (χ4v) is 1.31. The summed E-state index contributed by atoms with van der Waals surface area (Å²) >= 11 is 2.72. The molecule has 0 radical (unpaired) electrons. The Kier molecular flexibility index (Phi) is 2.13. The molecule has 0 heterocycles. The minimum Gasteiger partial charge on any atom is -0.465 e. The number of esters is 1. The Balaban J connectivity index is 3.47. The number of methoxy groups -OCH3 is 1. The van der Waals surface area contributed by atoms with Crippen LogP contribution in [0.15, 0.2) is 18.2 Å². The second kappa shape index (κ2) is 4.55. The van der Waals surface area contributed by atoms with Gasteiger partial charge < -0.3 is 4.74 Å². The average Bonchev–Trinajstić information content (AvgIpc) is 2.26. The molecule has 1 aromatic rings. The SMILES string of the molecule is [2H]C([2H])([2H])C([2H])(Br)c1cc(F)ccc1C(=O)OC. The monoisotopic (exact) mass is 264 g/mol. The highest BCUT2D eigenvalue weighted by Gasteiger charge is 2.15. The van der Waals surface area contributed by atoms with Crippen LogP contribution in [0.4, 0.5) is 4.39 Å².